The topological polar surface area (TPSA) is 93.6 Å². The molecule has 33 heavy (non-hydrogen) atoms. The fourth-order valence-corrected chi connectivity index (χ4v) is 6.97. The SMILES string of the molecule is CC1(C(=O)NCCc2ccc(S(=O)(=O)N3CCN(C4CCCCC4)C3=N)cc2)CCCCC1. The lowest BCUT2D eigenvalue weighted by Crippen LogP contribution is -2.42. The van der Waals surface area contributed by atoms with Gasteiger partial charge < -0.3 is 10.2 Å². The molecule has 0 bridgehead atoms. The Labute approximate surface area is 198 Å². The van der Waals surface area contributed by atoms with E-state index in [1.54, 1.807) is 12.1 Å². The number of benzene rings is 1. The average Bonchev–Trinajstić information content (AvgIpc) is 3.22. The van der Waals surface area contributed by atoms with E-state index in [2.05, 4.69) is 12.2 Å². The van der Waals surface area contributed by atoms with Gasteiger partial charge >= 0.3 is 0 Å². The summed E-state index contributed by atoms with van der Waals surface area (Å²) in [5.41, 5.74) is 0.741. The molecule has 2 N–H and O–H groups in total. The first-order chi connectivity index (χ1) is 15.8. The van der Waals surface area contributed by atoms with Gasteiger partial charge in [0.1, 0.15) is 0 Å². The van der Waals surface area contributed by atoms with Crippen molar-refractivity contribution >= 4 is 21.9 Å². The predicted octanol–water partition coefficient (Wildman–Crippen LogP) is 3.89. The lowest BCUT2D eigenvalue weighted by molar-refractivity contribution is -0.131. The molecule has 1 saturated heterocycles. The third kappa shape index (κ3) is 5.20. The maximum atomic E-state index is 13.2. The van der Waals surface area contributed by atoms with Crippen molar-refractivity contribution in [2.75, 3.05) is 19.6 Å². The van der Waals surface area contributed by atoms with E-state index in [9.17, 15) is 13.2 Å². The van der Waals surface area contributed by atoms with Gasteiger partial charge in [0.25, 0.3) is 10.0 Å². The van der Waals surface area contributed by atoms with Gasteiger partial charge in [-0.1, -0.05) is 57.6 Å². The highest BCUT2D eigenvalue weighted by Gasteiger charge is 2.38. The van der Waals surface area contributed by atoms with Crippen LogP contribution in [-0.2, 0) is 21.2 Å². The quantitative estimate of drug-likeness (QED) is 0.627. The van der Waals surface area contributed by atoms with Crippen molar-refractivity contribution in [3.05, 3.63) is 29.8 Å². The minimum absolute atomic E-state index is 0.116. The number of hydrogen-bond acceptors (Lipinski definition) is 4. The number of hydrogen-bond donors (Lipinski definition) is 2. The second kappa shape index (κ2) is 10.0. The van der Waals surface area contributed by atoms with Crippen molar-refractivity contribution in [3.8, 4) is 0 Å². The number of amides is 1. The second-order valence-corrected chi connectivity index (χ2v) is 12.0. The first kappa shape index (κ1) is 24.0. The summed E-state index contributed by atoms with van der Waals surface area (Å²) in [4.78, 5) is 14.8. The molecular weight excluding hydrogens is 436 g/mol. The maximum Gasteiger partial charge on any atom is 0.266 e. The minimum atomic E-state index is -3.74. The van der Waals surface area contributed by atoms with Crippen molar-refractivity contribution in [2.45, 2.75) is 88.5 Å². The lowest BCUT2D eigenvalue weighted by Gasteiger charge is -2.32. The molecule has 1 amide bonds. The van der Waals surface area contributed by atoms with Crippen LogP contribution in [-0.4, -0.2) is 55.2 Å². The number of sulfonamides is 1. The number of nitrogens with one attached hydrogen (secondary N) is 2. The van der Waals surface area contributed by atoms with Gasteiger partial charge in [0.2, 0.25) is 11.9 Å². The van der Waals surface area contributed by atoms with Crippen LogP contribution in [0.15, 0.2) is 29.2 Å². The van der Waals surface area contributed by atoms with Gasteiger partial charge in [0, 0.05) is 24.5 Å². The molecule has 1 aliphatic heterocycles. The Balaban J connectivity index is 1.32. The van der Waals surface area contributed by atoms with E-state index in [-0.39, 0.29) is 22.2 Å². The molecule has 1 heterocycles. The zero-order valence-electron chi connectivity index (χ0n) is 19.8. The monoisotopic (exact) mass is 474 g/mol. The van der Waals surface area contributed by atoms with E-state index in [0.717, 1.165) is 56.9 Å². The van der Waals surface area contributed by atoms with E-state index in [1.165, 1.54) is 17.1 Å². The summed E-state index contributed by atoms with van der Waals surface area (Å²) < 4.78 is 27.7. The summed E-state index contributed by atoms with van der Waals surface area (Å²) in [5, 5.41) is 11.6. The summed E-state index contributed by atoms with van der Waals surface area (Å²) in [6.07, 6.45) is 11.6. The Hall–Kier alpha value is -2.09. The molecule has 3 aliphatic rings. The Morgan fingerprint density at radius 3 is 2.33 bits per heavy atom. The van der Waals surface area contributed by atoms with E-state index < -0.39 is 10.0 Å². The minimum Gasteiger partial charge on any atom is -0.355 e. The van der Waals surface area contributed by atoms with Crippen LogP contribution in [0.5, 0.6) is 0 Å². The Morgan fingerprint density at radius 1 is 1.03 bits per heavy atom. The number of carbonyl (C=O) groups is 1. The number of guanidine groups is 1. The van der Waals surface area contributed by atoms with Gasteiger partial charge in [-0.25, -0.2) is 12.7 Å². The average molecular weight is 475 g/mol. The maximum absolute atomic E-state index is 13.2. The van der Waals surface area contributed by atoms with Crippen LogP contribution in [0.2, 0.25) is 0 Å². The van der Waals surface area contributed by atoms with Crippen LogP contribution in [0, 0.1) is 10.8 Å². The molecule has 8 heteroatoms. The van der Waals surface area contributed by atoms with Crippen molar-refractivity contribution in [3.63, 3.8) is 0 Å². The van der Waals surface area contributed by atoms with Gasteiger partial charge in [-0.05, 0) is 49.8 Å². The molecular formula is C25H38N4O3S. The Kier molecular flexibility index (Phi) is 7.31. The molecule has 1 aromatic carbocycles. The van der Waals surface area contributed by atoms with Crippen molar-refractivity contribution in [1.82, 2.24) is 14.5 Å². The number of carbonyl (C=O) groups excluding carboxylic acids is 1. The number of rotatable bonds is 7. The highest BCUT2D eigenvalue weighted by atomic mass is 32.2. The molecule has 182 valence electrons. The smallest absolute Gasteiger partial charge is 0.266 e. The van der Waals surface area contributed by atoms with Gasteiger partial charge in [-0.2, -0.15) is 0 Å². The summed E-state index contributed by atoms with van der Waals surface area (Å²) in [6.45, 7) is 3.55. The van der Waals surface area contributed by atoms with Crippen LogP contribution in [0.1, 0.15) is 76.7 Å². The van der Waals surface area contributed by atoms with Gasteiger partial charge in [-0.3, -0.25) is 10.2 Å². The van der Waals surface area contributed by atoms with Crippen LogP contribution in [0.25, 0.3) is 0 Å². The molecule has 2 aliphatic carbocycles. The van der Waals surface area contributed by atoms with Crippen molar-refractivity contribution in [2.24, 2.45) is 5.41 Å². The highest BCUT2D eigenvalue weighted by Crippen LogP contribution is 2.35. The predicted molar refractivity (Wildman–Crippen MR) is 130 cm³/mol. The lowest BCUT2D eigenvalue weighted by atomic mass is 9.75. The zero-order valence-corrected chi connectivity index (χ0v) is 20.6. The third-order valence-electron chi connectivity index (χ3n) is 7.78. The molecule has 0 atom stereocenters. The van der Waals surface area contributed by atoms with E-state index in [0.29, 0.717) is 32.1 Å². The molecule has 3 fully saturated rings. The molecule has 0 radical (unpaired) electrons. The summed E-state index contributed by atoms with van der Waals surface area (Å²) >= 11 is 0. The molecule has 1 aromatic rings. The van der Waals surface area contributed by atoms with Gasteiger partial charge in [-0.15, -0.1) is 0 Å². The van der Waals surface area contributed by atoms with Gasteiger partial charge in [0.05, 0.1) is 11.4 Å². The fraction of sp³-hybridized carbons (Fsp3) is 0.680. The molecule has 4 rings (SSSR count). The first-order valence-electron chi connectivity index (χ1n) is 12.6. The molecule has 7 nitrogen and oxygen atoms in total. The summed E-state index contributed by atoms with van der Waals surface area (Å²) in [6, 6.07) is 7.19. The van der Waals surface area contributed by atoms with E-state index >= 15 is 0 Å². The van der Waals surface area contributed by atoms with Crippen molar-refractivity contribution in [1.29, 1.82) is 5.41 Å². The Bertz CT molecular complexity index is 948. The largest absolute Gasteiger partial charge is 0.355 e. The van der Waals surface area contributed by atoms with Crippen LogP contribution in [0.4, 0.5) is 0 Å². The van der Waals surface area contributed by atoms with E-state index in [4.69, 9.17) is 5.41 Å². The second-order valence-electron chi connectivity index (χ2n) is 10.2. The first-order valence-corrected chi connectivity index (χ1v) is 14.0. The van der Waals surface area contributed by atoms with Crippen LogP contribution >= 0.6 is 0 Å². The van der Waals surface area contributed by atoms with E-state index in [1.807, 2.05) is 17.0 Å². The van der Waals surface area contributed by atoms with Crippen LogP contribution < -0.4 is 5.32 Å². The highest BCUT2D eigenvalue weighted by molar-refractivity contribution is 7.89. The fourth-order valence-electron chi connectivity index (χ4n) is 5.58. The van der Waals surface area contributed by atoms with Crippen molar-refractivity contribution < 1.29 is 13.2 Å². The molecule has 0 unspecified atom stereocenters. The summed E-state index contributed by atoms with van der Waals surface area (Å²) in [5.74, 6) is 0.251. The molecule has 2 saturated carbocycles. The third-order valence-corrected chi connectivity index (χ3v) is 9.59. The van der Waals surface area contributed by atoms with Crippen LogP contribution in [0.3, 0.4) is 0 Å². The van der Waals surface area contributed by atoms with Gasteiger partial charge in [0.15, 0.2) is 0 Å². The standard InChI is InChI=1S/C25H38N4O3S/c1-25(15-6-3-7-16-25)23(30)27-17-14-20-10-12-22(13-11-20)33(31,32)29-19-18-28(24(29)26)21-8-4-2-5-9-21/h10-13,21,26H,2-9,14-19H2,1H3,(H,27,30). The number of nitrogens with zero attached hydrogens (tertiary/aromatic N) is 2. The Morgan fingerprint density at radius 2 is 1.67 bits per heavy atom. The zero-order chi connectivity index (χ0) is 23.5. The normalized spacial score (nSPS) is 21.9. The summed E-state index contributed by atoms with van der Waals surface area (Å²) in [7, 11) is -3.74. The molecule has 0 aromatic heterocycles. The molecule has 0 spiro atoms.